The van der Waals surface area contributed by atoms with Crippen LogP contribution in [0.5, 0.6) is 5.75 Å². The van der Waals surface area contributed by atoms with Crippen molar-refractivity contribution in [3.05, 3.63) is 29.8 Å². The Morgan fingerprint density at radius 3 is 2.71 bits per heavy atom. The highest BCUT2D eigenvalue weighted by Gasteiger charge is 2.45. The van der Waals surface area contributed by atoms with Gasteiger partial charge in [-0.2, -0.15) is 0 Å². The van der Waals surface area contributed by atoms with Gasteiger partial charge in [-0.1, -0.05) is 12.1 Å². The topological polar surface area (TPSA) is 87.7 Å². The summed E-state index contributed by atoms with van der Waals surface area (Å²) in [6.07, 6.45) is 2.47. The molecule has 0 saturated heterocycles. The number of hydrogen-bond acceptors (Lipinski definition) is 3. The van der Waals surface area contributed by atoms with Crippen LogP contribution in [0.1, 0.15) is 24.8 Å². The van der Waals surface area contributed by atoms with Gasteiger partial charge in [0, 0.05) is 6.54 Å². The van der Waals surface area contributed by atoms with Gasteiger partial charge in [0.15, 0.2) is 0 Å². The summed E-state index contributed by atoms with van der Waals surface area (Å²) >= 11 is 0. The predicted molar refractivity (Wildman–Crippen MR) is 77.5 cm³/mol. The Morgan fingerprint density at radius 2 is 2.14 bits per heavy atom. The molecule has 114 valence electrons. The number of benzene rings is 1. The van der Waals surface area contributed by atoms with Crippen molar-refractivity contribution in [2.24, 2.45) is 0 Å². The highest BCUT2D eigenvalue weighted by molar-refractivity contribution is 5.87. The van der Waals surface area contributed by atoms with E-state index < -0.39 is 17.5 Å². The number of aliphatic carboxylic acids is 1. The molecule has 0 bridgehead atoms. The summed E-state index contributed by atoms with van der Waals surface area (Å²) in [5.74, 6) is -0.187. The lowest BCUT2D eigenvalue weighted by Crippen LogP contribution is -2.61. The molecule has 0 atom stereocenters. The van der Waals surface area contributed by atoms with Gasteiger partial charge in [0.2, 0.25) is 0 Å². The van der Waals surface area contributed by atoms with E-state index >= 15 is 0 Å². The molecule has 0 aliphatic heterocycles. The van der Waals surface area contributed by atoms with Gasteiger partial charge in [-0.05, 0) is 43.4 Å². The third-order valence-corrected chi connectivity index (χ3v) is 3.80. The summed E-state index contributed by atoms with van der Waals surface area (Å²) in [5.41, 5.74) is -0.0219. The molecule has 1 aromatic carbocycles. The van der Waals surface area contributed by atoms with E-state index in [1.165, 1.54) is 0 Å². The third-order valence-electron chi connectivity index (χ3n) is 3.80. The Bertz CT molecular complexity index is 526. The summed E-state index contributed by atoms with van der Waals surface area (Å²) in [4.78, 5) is 22.9. The van der Waals surface area contributed by atoms with E-state index in [4.69, 9.17) is 9.84 Å². The fourth-order valence-electron chi connectivity index (χ4n) is 2.33. The smallest absolute Gasteiger partial charge is 0.329 e. The van der Waals surface area contributed by atoms with E-state index in [0.29, 0.717) is 25.8 Å². The first kappa shape index (κ1) is 15.2. The van der Waals surface area contributed by atoms with Crippen molar-refractivity contribution in [1.82, 2.24) is 10.6 Å². The number of carbonyl (C=O) groups excluding carboxylic acids is 1. The number of carboxylic acids is 1. The quantitative estimate of drug-likeness (QED) is 0.742. The van der Waals surface area contributed by atoms with Crippen molar-refractivity contribution < 1.29 is 19.4 Å². The lowest BCUT2D eigenvalue weighted by Gasteiger charge is -2.38. The molecule has 0 heterocycles. The maximum atomic E-state index is 11.8. The van der Waals surface area contributed by atoms with Crippen molar-refractivity contribution in [3.63, 3.8) is 0 Å². The van der Waals surface area contributed by atoms with Crippen molar-refractivity contribution in [2.75, 3.05) is 13.7 Å². The molecule has 2 rings (SSSR count). The minimum atomic E-state index is -1.07. The molecule has 0 unspecified atom stereocenters. The highest BCUT2D eigenvalue weighted by Crippen LogP contribution is 2.31. The number of ether oxygens (including phenoxy) is 1. The van der Waals surface area contributed by atoms with Gasteiger partial charge in [0.1, 0.15) is 11.3 Å². The first-order valence-electron chi connectivity index (χ1n) is 6.98. The molecule has 1 saturated carbocycles. The van der Waals surface area contributed by atoms with Crippen LogP contribution in [0.15, 0.2) is 24.3 Å². The second kappa shape index (κ2) is 6.47. The lowest BCUT2D eigenvalue weighted by molar-refractivity contribution is -0.148. The lowest BCUT2D eigenvalue weighted by atomic mass is 9.77. The average Bonchev–Trinajstić information content (AvgIpc) is 2.42. The summed E-state index contributed by atoms with van der Waals surface area (Å²) < 4.78 is 5.13. The van der Waals surface area contributed by atoms with Gasteiger partial charge in [-0.25, -0.2) is 9.59 Å². The van der Waals surface area contributed by atoms with Crippen LogP contribution in [0.25, 0.3) is 0 Å². The molecule has 0 radical (unpaired) electrons. The Morgan fingerprint density at radius 1 is 1.38 bits per heavy atom. The minimum absolute atomic E-state index is 0.431. The Balaban J connectivity index is 1.78. The molecule has 0 aromatic heterocycles. The van der Waals surface area contributed by atoms with Crippen LogP contribution in [0, 0.1) is 0 Å². The summed E-state index contributed by atoms with van der Waals surface area (Å²) in [5, 5.41) is 14.4. The summed E-state index contributed by atoms with van der Waals surface area (Å²) in [6, 6.07) is 7.18. The van der Waals surface area contributed by atoms with Gasteiger partial charge < -0.3 is 20.5 Å². The van der Waals surface area contributed by atoms with Gasteiger partial charge >= 0.3 is 12.0 Å². The largest absolute Gasteiger partial charge is 0.497 e. The number of hydrogen-bond donors (Lipinski definition) is 3. The van der Waals surface area contributed by atoms with Crippen molar-refractivity contribution >= 4 is 12.0 Å². The van der Waals surface area contributed by atoms with E-state index in [1.807, 2.05) is 24.3 Å². The number of carboxylic acid groups (broad SMARTS) is 1. The van der Waals surface area contributed by atoms with Crippen LogP contribution in [0.3, 0.4) is 0 Å². The molecule has 1 aliphatic carbocycles. The van der Waals surface area contributed by atoms with E-state index in [-0.39, 0.29) is 0 Å². The molecular formula is C15H20N2O4. The first-order chi connectivity index (χ1) is 10.1. The number of nitrogens with one attached hydrogen (secondary N) is 2. The minimum Gasteiger partial charge on any atom is -0.497 e. The molecule has 3 N–H and O–H groups in total. The molecule has 1 aliphatic rings. The van der Waals surface area contributed by atoms with Gasteiger partial charge in [-0.3, -0.25) is 0 Å². The molecule has 2 amide bonds. The molecule has 21 heavy (non-hydrogen) atoms. The maximum absolute atomic E-state index is 11.8. The van der Waals surface area contributed by atoms with Crippen LogP contribution in [0.2, 0.25) is 0 Å². The van der Waals surface area contributed by atoms with E-state index in [1.54, 1.807) is 7.11 Å². The zero-order chi connectivity index (χ0) is 15.3. The number of rotatable bonds is 6. The zero-order valence-electron chi connectivity index (χ0n) is 12.0. The second-order valence-electron chi connectivity index (χ2n) is 5.22. The van der Waals surface area contributed by atoms with Crippen LogP contribution in [0.4, 0.5) is 4.79 Å². The number of amides is 2. The van der Waals surface area contributed by atoms with Crippen LogP contribution in [-0.4, -0.2) is 36.3 Å². The maximum Gasteiger partial charge on any atom is 0.329 e. The van der Waals surface area contributed by atoms with Crippen LogP contribution >= 0.6 is 0 Å². The fourth-order valence-corrected chi connectivity index (χ4v) is 2.33. The standard InChI is InChI=1S/C15H20N2O4/c1-21-12-5-2-4-11(10-12)6-9-16-14(20)17-15(13(18)19)7-3-8-15/h2,4-5,10H,3,6-9H2,1H3,(H,18,19)(H2,16,17,20). The van der Waals surface area contributed by atoms with Crippen LogP contribution < -0.4 is 15.4 Å². The molecule has 1 aromatic rings. The number of carbonyl (C=O) groups is 2. The molecular weight excluding hydrogens is 272 g/mol. The first-order valence-corrected chi connectivity index (χ1v) is 6.98. The molecule has 6 nitrogen and oxygen atoms in total. The average molecular weight is 292 g/mol. The normalized spacial score (nSPS) is 15.7. The Kier molecular flexibility index (Phi) is 4.67. The van der Waals surface area contributed by atoms with E-state index in [2.05, 4.69) is 10.6 Å². The molecule has 0 spiro atoms. The Hall–Kier alpha value is -2.24. The fraction of sp³-hybridized carbons (Fsp3) is 0.467. The van der Waals surface area contributed by atoms with E-state index in [9.17, 15) is 9.59 Å². The van der Waals surface area contributed by atoms with Gasteiger partial charge in [0.25, 0.3) is 0 Å². The number of urea groups is 1. The Labute approximate surface area is 123 Å². The van der Waals surface area contributed by atoms with Crippen molar-refractivity contribution in [3.8, 4) is 5.75 Å². The SMILES string of the molecule is COc1cccc(CCNC(=O)NC2(C(=O)O)CCC2)c1. The van der Waals surface area contributed by atoms with E-state index in [0.717, 1.165) is 17.7 Å². The molecule has 1 fully saturated rings. The summed E-state index contributed by atoms with van der Waals surface area (Å²) in [6.45, 7) is 0.439. The highest BCUT2D eigenvalue weighted by atomic mass is 16.5. The summed E-state index contributed by atoms with van der Waals surface area (Å²) in [7, 11) is 1.61. The zero-order valence-corrected chi connectivity index (χ0v) is 12.0. The van der Waals surface area contributed by atoms with Gasteiger partial charge in [0.05, 0.1) is 7.11 Å². The number of methoxy groups -OCH3 is 1. The second-order valence-corrected chi connectivity index (χ2v) is 5.22. The van der Waals surface area contributed by atoms with Crippen molar-refractivity contribution in [2.45, 2.75) is 31.2 Å². The van der Waals surface area contributed by atoms with Crippen LogP contribution in [-0.2, 0) is 11.2 Å². The molecule has 6 heteroatoms. The van der Waals surface area contributed by atoms with Gasteiger partial charge in [-0.15, -0.1) is 0 Å². The van der Waals surface area contributed by atoms with Crippen molar-refractivity contribution in [1.29, 1.82) is 0 Å². The third kappa shape index (κ3) is 3.65. The predicted octanol–water partition coefficient (Wildman–Crippen LogP) is 1.54. The monoisotopic (exact) mass is 292 g/mol.